The topological polar surface area (TPSA) is 68.3 Å². The van der Waals surface area contributed by atoms with Crippen LogP contribution in [0.4, 0.5) is 5.69 Å². The van der Waals surface area contributed by atoms with Crippen LogP contribution in [0, 0.1) is 5.41 Å². The van der Waals surface area contributed by atoms with Crippen LogP contribution in [-0.4, -0.2) is 20.5 Å². The van der Waals surface area contributed by atoms with Crippen molar-refractivity contribution in [3.8, 4) is 0 Å². The number of aromatic nitrogens is 1. The first-order valence-corrected chi connectivity index (χ1v) is 10.2. The minimum absolute atomic E-state index is 0.106. The molecule has 136 valence electrons. The number of nitrogens with zero attached hydrogens (tertiary/aromatic N) is 1. The molecular weight excluding hydrogens is 428 g/mol. The van der Waals surface area contributed by atoms with E-state index in [1.807, 2.05) is 0 Å². The molecule has 0 radical (unpaired) electrons. The normalized spacial score (nSPS) is 13.5. The Morgan fingerprint density at radius 1 is 1.24 bits per heavy atom. The van der Waals surface area contributed by atoms with Crippen LogP contribution in [-0.2, 0) is 14.8 Å². The molecule has 8 heteroatoms. The van der Waals surface area contributed by atoms with Gasteiger partial charge in [0, 0.05) is 13.3 Å². The Labute approximate surface area is 161 Å². The van der Waals surface area contributed by atoms with Gasteiger partial charge in [-0.05, 0) is 45.1 Å². The van der Waals surface area contributed by atoms with Gasteiger partial charge < -0.3 is 4.74 Å². The van der Waals surface area contributed by atoms with Gasteiger partial charge in [-0.2, -0.15) is 0 Å². The number of hydrogen-bond acceptors (Lipinski definition) is 4. The lowest BCUT2D eigenvalue weighted by Crippen LogP contribution is -2.20. The molecule has 25 heavy (non-hydrogen) atoms. The molecule has 1 heterocycles. The molecule has 1 aromatic carbocycles. The zero-order valence-electron chi connectivity index (χ0n) is 14.4. The second-order valence-electron chi connectivity index (χ2n) is 6.65. The molecule has 0 aliphatic rings. The maximum atomic E-state index is 12.6. The quantitative estimate of drug-likeness (QED) is 0.653. The number of anilines is 1. The van der Waals surface area contributed by atoms with Gasteiger partial charge in [0.25, 0.3) is 10.0 Å². The molecule has 1 unspecified atom stereocenters. The number of ether oxygens (including phenoxy) is 1. The van der Waals surface area contributed by atoms with Crippen LogP contribution in [0.3, 0.4) is 0 Å². The van der Waals surface area contributed by atoms with E-state index < -0.39 is 10.0 Å². The van der Waals surface area contributed by atoms with E-state index in [0.717, 1.165) is 5.56 Å². The van der Waals surface area contributed by atoms with Gasteiger partial charge in [0.15, 0.2) is 0 Å². The summed E-state index contributed by atoms with van der Waals surface area (Å²) in [7, 11) is -2.11. The monoisotopic (exact) mass is 446 g/mol. The molecular formula is C17H20BrClN2O3S. The Morgan fingerprint density at radius 2 is 1.84 bits per heavy atom. The van der Waals surface area contributed by atoms with Crippen LogP contribution in [0.25, 0.3) is 0 Å². The smallest absolute Gasteiger partial charge is 0.261 e. The fourth-order valence-electron chi connectivity index (χ4n) is 2.51. The largest absolute Gasteiger partial charge is 0.376 e. The number of rotatable bonds is 5. The summed E-state index contributed by atoms with van der Waals surface area (Å²) in [6, 6.07) is 8.13. The Bertz CT molecular complexity index is 849. The highest BCUT2D eigenvalue weighted by Crippen LogP contribution is 2.36. The number of methoxy groups -OCH3 is 1. The maximum absolute atomic E-state index is 12.6. The Kier molecular flexibility index (Phi) is 6.14. The van der Waals surface area contributed by atoms with Crippen LogP contribution < -0.4 is 4.72 Å². The van der Waals surface area contributed by atoms with Gasteiger partial charge in [-0.1, -0.05) is 44.5 Å². The van der Waals surface area contributed by atoms with Gasteiger partial charge >= 0.3 is 0 Å². The van der Waals surface area contributed by atoms with Crippen molar-refractivity contribution >= 4 is 43.2 Å². The minimum atomic E-state index is -3.76. The summed E-state index contributed by atoms with van der Waals surface area (Å²) < 4.78 is 33.6. The van der Waals surface area contributed by atoms with Gasteiger partial charge in [0.2, 0.25) is 0 Å². The van der Waals surface area contributed by atoms with E-state index in [9.17, 15) is 8.42 Å². The Balaban J connectivity index is 2.30. The van der Waals surface area contributed by atoms with Crippen molar-refractivity contribution in [1.82, 2.24) is 4.98 Å². The molecule has 0 spiro atoms. The molecule has 1 atom stereocenters. The molecule has 5 nitrogen and oxygen atoms in total. The molecule has 0 saturated heterocycles. The lowest BCUT2D eigenvalue weighted by atomic mass is 9.85. The average Bonchev–Trinajstić information content (AvgIpc) is 2.50. The van der Waals surface area contributed by atoms with E-state index in [2.05, 4.69) is 46.4 Å². The van der Waals surface area contributed by atoms with E-state index >= 15 is 0 Å². The molecule has 0 bridgehead atoms. The minimum Gasteiger partial charge on any atom is -0.376 e. The number of sulfonamides is 1. The first-order valence-electron chi connectivity index (χ1n) is 7.51. The van der Waals surface area contributed by atoms with Gasteiger partial charge in [-0.15, -0.1) is 0 Å². The number of nitrogens with one attached hydrogen (secondary N) is 1. The highest BCUT2D eigenvalue weighted by atomic mass is 79.9. The molecule has 0 aliphatic carbocycles. The van der Waals surface area contributed by atoms with E-state index in [0.29, 0.717) is 9.63 Å². The van der Waals surface area contributed by atoms with E-state index in [4.69, 9.17) is 16.3 Å². The van der Waals surface area contributed by atoms with Crippen molar-refractivity contribution in [2.45, 2.75) is 31.8 Å². The zero-order chi connectivity index (χ0) is 18.8. The van der Waals surface area contributed by atoms with Crippen molar-refractivity contribution in [3.05, 3.63) is 51.7 Å². The van der Waals surface area contributed by atoms with Crippen LogP contribution >= 0.6 is 27.5 Å². The first kappa shape index (κ1) is 20.2. The fraction of sp³-hybridized carbons (Fsp3) is 0.353. The number of hydrogen-bond donors (Lipinski definition) is 1. The third-order valence-corrected chi connectivity index (χ3v) is 5.79. The van der Waals surface area contributed by atoms with Crippen molar-refractivity contribution < 1.29 is 13.2 Å². The van der Waals surface area contributed by atoms with Crippen molar-refractivity contribution in [2.75, 3.05) is 11.8 Å². The lowest BCUT2D eigenvalue weighted by Gasteiger charge is -2.29. The molecule has 0 aliphatic heterocycles. The van der Waals surface area contributed by atoms with E-state index in [1.54, 1.807) is 31.4 Å². The van der Waals surface area contributed by atoms with E-state index in [1.165, 1.54) is 12.3 Å². The van der Waals surface area contributed by atoms with Crippen LogP contribution in [0.15, 0.2) is 46.0 Å². The predicted octanol–water partition coefficient (Wildman–Crippen LogP) is 5.03. The molecule has 0 saturated carbocycles. The Hall–Kier alpha value is -1.15. The summed E-state index contributed by atoms with van der Waals surface area (Å²) in [5.74, 6) is 0. The summed E-state index contributed by atoms with van der Waals surface area (Å²) in [4.78, 5) is 4.12. The molecule has 2 rings (SSSR count). The van der Waals surface area contributed by atoms with Gasteiger partial charge in [-0.25, -0.2) is 13.4 Å². The van der Waals surface area contributed by atoms with Crippen molar-refractivity contribution in [1.29, 1.82) is 0 Å². The first-order chi connectivity index (χ1) is 11.5. The Morgan fingerprint density at radius 3 is 2.36 bits per heavy atom. The highest BCUT2D eigenvalue weighted by Gasteiger charge is 2.26. The van der Waals surface area contributed by atoms with E-state index in [-0.39, 0.29) is 22.1 Å². The molecule has 0 fully saturated rings. The van der Waals surface area contributed by atoms with Crippen molar-refractivity contribution in [3.63, 3.8) is 0 Å². The third-order valence-electron chi connectivity index (χ3n) is 3.57. The van der Waals surface area contributed by atoms with Crippen LogP contribution in [0.1, 0.15) is 32.4 Å². The fourth-order valence-corrected chi connectivity index (χ4v) is 4.17. The summed E-state index contributed by atoms with van der Waals surface area (Å²) in [5, 5.41) is 0.337. The molecule has 0 amide bonds. The molecule has 1 aromatic heterocycles. The average molecular weight is 448 g/mol. The van der Waals surface area contributed by atoms with Gasteiger partial charge in [0.1, 0.15) is 4.60 Å². The van der Waals surface area contributed by atoms with Gasteiger partial charge in [-0.3, -0.25) is 4.72 Å². The standard InChI is InChI=1S/C17H20BrClN2O3S/c1-17(2,3)15(24-4)11-5-7-13(8-6-11)25(22,23)21-14-9-12(19)10-20-16(14)18/h5-10,15,21H,1-4H3. The summed E-state index contributed by atoms with van der Waals surface area (Å²) >= 11 is 9.08. The summed E-state index contributed by atoms with van der Waals surface area (Å²) in [5.41, 5.74) is 1.09. The zero-order valence-corrected chi connectivity index (χ0v) is 17.5. The van der Waals surface area contributed by atoms with Crippen molar-refractivity contribution in [2.24, 2.45) is 5.41 Å². The molecule has 1 N–H and O–H groups in total. The predicted molar refractivity (Wildman–Crippen MR) is 103 cm³/mol. The second kappa shape index (κ2) is 7.61. The number of halogens is 2. The van der Waals surface area contributed by atoms with Gasteiger partial charge in [0.05, 0.1) is 21.7 Å². The summed E-state index contributed by atoms with van der Waals surface area (Å²) in [6.45, 7) is 6.20. The highest BCUT2D eigenvalue weighted by molar-refractivity contribution is 9.10. The van der Waals surface area contributed by atoms with Crippen LogP contribution in [0.5, 0.6) is 0 Å². The SMILES string of the molecule is COC(c1ccc(S(=O)(=O)Nc2cc(Cl)cnc2Br)cc1)C(C)(C)C. The lowest BCUT2D eigenvalue weighted by molar-refractivity contribution is 0.0152. The summed E-state index contributed by atoms with van der Waals surface area (Å²) in [6.07, 6.45) is 1.29. The second-order valence-corrected chi connectivity index (χ2v) is 9.52. The number of pyridine rings is 1. The number of benzene rings is 1. The maximum Gasteiger partial charge on any atom is 0.261 e. The third kappa shape index (κ3) is 4.94. The van der Waals surface area contributed by atoms with Crippen LogP contribution in [0.2, 0.25) is 5.02 Å². The molecule has 2 aromatic rings.